The van der Waals surface area contributed by atoms with Gasteiger partial charge in [0.15, 0.2) is 0 Å². The monoisotopic (exact) mass is 281 g/mol. The Hall–Kier alpha value is -1.36. The third-order valence-electron chi connectivity index (χ3n) is 3.18. The number of benzene rings is 1. The van der Waals surface area contributed by atoms with Crippen molar-refractivity contribution >= 4 is 35.5 Å². The SMILES string of the molecule is CCn1cc(C(=O)O)c(=O)c(-c2ccccc2)c1C.[NaH]. The number of aromatic nitrogens is 1. The zero-order valence-corrected chi connectivity index (χ0v) is 10.9. The van der Waals surface area contributed by atoms with Crippen LogP contribution in [0.5, 0.6) is 0 Å². The van der Waals surface area contributed by atoms with Gasteiger partial charge in [0.1, 0.15) is 5.56 Å². The molecule has 0 atom stereocenters. The van der Waals surface area contributed by atoms with Crippen molar-refractivity contribution in [1.82, 2.24) is 4.57 Å². The molecule has 5 heteroatoms. The van der Waals surface area contributed by atoms with E-state index in [-0.39, 0.29) is 35.1 Å². The minimum atomic E-state index is -1.19. The molecule has 4 nitrogen and oxygen atoms in total. The van der Waals surface area contributed by atoms with Crippen LogP contribution in [0.3, 0.4) is 0 Å². The van der Waals surface area contributed by atoms with E-state index in [1.165, 1.54) is 6.20 Å². The summed E-state index contributed by atoms with van der Waals surface area (Å²) < 4.78 is 1.78. The average molecular weight is 281 g/mol. The molecule has 0 saturated heterocycles. The molecule has 0 saturated carbocycles. The van der Waals surface area contributed by atoms with Gasteiger partial charge in [-0.2, -0.15) is 0 Å². The molecule has 0 aliphatic heterocycles. The van der Waals surface area contributed by atoms with Crippen LogP contribution >= 0.6 is 0 Å². The van der Waals surface area contributed by atoms with E-state index in [1.54, 1.807) is 4.57 Å². The van der Waals surface area contributed by atoms with Crippen LogP contribution in [0.15, 0.2) is 41.3 Å². The fourth-order valence-corrected chi connectivity index (χ4v) is 2.18. The third kappa shape index (κ3) is 3.03. The standard InChI is InChI=1S/C15H15NO3.Na.H/c1-3-16-9-12(15(18)19)14(17)13(10(16)2)11-7-5-4-6-8-11;;/h4-9H,3H2,1-2H3,(H,18,19);;. The first-order valence-electron chi connectivity index (χ1n) is 6.09. The summed E-state index contributed by atoms with van der Waals surface area (Å²) in [6.45, 7) is 4.36. The molecule has 0 radical (unpaired) electrons. The van der Waals surface area contributed by atoms with Gasteiger partial charge in [-0.3, -0.25) is 4.79 Å². The Balaban J connectivity index is 0.00000200. The summed E-state index contributed by atoms with van der Waals surface area (Å²) in [5.74, 6) is -1.19. The molecule has 0 unspecified atom stereocenters. The molecule has 0 amide bonds. The number of nitrogens with zero attached hydrogens (tertiary/aromatic N) is 1. The number of hydrogen-bond acceptors (Lipinski definition) is 2. The number of rotatable bonds is 3. The summed E-state index contributed by atoms with van der Waals surface area (Å²) in [4.78, 5) is 23.5. The summed E-state index contributed by atoms with van der Waals surface area (Å²) in [6.07, 6.45) is 1.41. The van der Waals surface area contributed by atoms with Gasteiger partial charge in [0, 0.05) is 24.0 Å². The molecule has 0 spiro atoms. The van der Waals surface area contributed by atoms with Gasteiger partial charge in [-0.1, -0.05) is 30.3 Å². The maximum absolute atomic E-state index is 12.3. The number of aryl methyl sites for hydroxylation is 1. The molecular formula is C15H16NNaO3. The zero-order chi connectivity index (χ0) is 14.0. The molecule has 1 aromatic carbocycles. The first-order valence-corrected chi connectivity index (χ1v) is 6.09. The van der Waals surface area contributed by atoms with Gasteiger partial charge in [-0.05, 0) is 19.4 Å². The molecule has 1 N–H and O–H groups in total. The van der Waals surface area contributed by atoms with Crippen molar-refractivity contribution in [3.63, 3.8) is 0 Å². The predicted octanol–water partition coefficient (Wildman–Crippen LogP) is 1.89. The zero-order valence-electron chi connectivity index (χ0n) is 10.9. The van der Waals surface area contributed by atoms with Crippen molar-refractivity contribution in [3.8, 4) is 11.1 Å². The maximum atomic E-state index is 12.3. The van der Waals surface area contributed by atoms with E-state index in [0.717, 1.165) is 11.3 Å². The third-order valence-corrected chi connectivity index (χ3v) is 3.18. The molecule has 100 valence electrons. The van der Waals surface area contributed by atoms with Gasteiger partial charge in [-0.15, -0.1) is 0 Å². The van der Waals surface area contributed by atoms with Crippen molar-refractivity contribution in [3.05, 3.63) is 58.0 Å². The van der Waals surface area contributed by atoms with E-state index in [9.17, 15) is 9.59 Å². The molecule has 0 aliphatic carbocycles. The Morgan fingerprint density at radius 3 is 2.35 bits per heavy atom. The number of hydrogen-bond donors (Lipinski definition) is 1. The Bertz CT molecular complexity index is 678. The van der Waals surface area contributed by atoms with E-state index in [4.69, 9.17) is 5.11 Å². The fraction of sp³-hybridized carbons (Fsp3) is 0.200. The van der Waals surface area contributed by atoms with Crippen LogP contribution < -0.4 is 5.43 Å². The van der Waals surface area contributed by atoms with Crippen LogP contribution in [0.4, 0.5) is 0 Å². The molecule has 1 aromatic heterocycles. The Morgan fingerprint density at radius 2 is 1.85 bits per heavy atom. The van der Waals surface area contributed by atoms with Crippen LogP contribution in [0.25, 0.3) is 11.1 Å². The van der Waals surface area contributed by atoms with Crippen molar-refractivity contribution in [1.29, 1.82) is 0 Å². The van der Waals surface area contributed by atoms with Gasteiger partial charge < -0.3 is 9.67 Å². The molecule has 20 heavy (non-hydrogen) atoms. The normalized spacial score (nSPS) is 9.90. The second kappa shape index (κ2) is 6.88. The average Bonchev–Trinajstić information content (AvgIpc) is 2.40. The summed E-state index contributed by atoms with van der Waals surface area (Å²) >= 11 is 0. The molecule has 1 heterocycles. The van der Waals surface area contributed by atoms with E-state index in [2.05, 4.69) is 0 Å². The van der Waals surface area contributed by atoms with E-state index in [1.807, 2.05) is 44.2 Å². The van der Waals surface area contributed by atoms with E-state index >= 15 is 0 Å². The summed E-state index contributed by atoms with van der Waals surface area (Å²) in [5, 5.41) is 9.13. The molecule has 2 aromatic rings. The Morgan fingerprint density at radius 1 is 1.25 bits per heavy atom. The quantitative estimate of drug-likeness (QED) is 0.874. The van der Waals surface area contributed by atoms with E-state index in [0.29, 0.717) is 12.1 Å². The van der Waals surface area contributed by atoms with E-state index < -0.39 is 11.4 Å². The number of carbonyl (C=O) groups is 1. The Labute approximate surface area is 139 Å². The first kappa shape index (κ1) is 16.7. The number of carboxylic acid groups (broad SMARTS) is 1. The van der Waals surface area contributed by atoms with Crippen LogP contribution in [0.2, 0.25) is 0 Å². The Kier molecular flexibility index (Phi) is 5.74. The van der Waals surface area contributed by atoms with Gasteiger partial charge in [0.2, 0.25) is 5.43 Å². The van der Waals surface area contributed by atoms with Gasteiger partial charge >= 0.3 is 35.5 Å². The first-order chi connectivity index (χ1) is 9.06. The summed E-state index contributed by atoms with van der Waals surface area (Å²) in [7, 11) is 0. The van der Waals surface area contributed by atoms with Crippen molar-refractivity contribution in [2.75, 3.05) is 0 Å². The fourth-order valence-electron chi connectivity index (χ4n) is 2.18. The number of pyridine rings is 1. The van der Waals surface area contributed by atoms with Crippen molar-refractivity contribution in [2.24, 2.45) is 0 Å². The van der Waals surface area contributed by atoms with Gasteiger partial charge in [0.25, 0.3) is 0 Å². The number of carboxylic acids is 1. The van der Waals surface area contributed by atoms with Crippen molar-refractivity contribution < 1.29 is 9.90 Å². The summed E-state index contributed by atoms with van der Waals surface area (Å²) in [5.41, 5.74) is 1.37. The van der Waals surface area contributed by atoms with Gasteiger partial charge in [0.05, 0.1) is 0 Å². The predicted molar refractivity (Wildman–Crippen MR) is 80.7 cm³/mol. The molecule has 0 fully saturated rings. The van der Waals surface area contributed by atoms with Gasteiger partial charge in [-0.25, -0.2) is 4.79 Å². The minimum absolute atomic E-state index is 0. The van der Waals surface area contributed by atoms with Crippen molar-refractivity contribution in [2.45, 2.75) is 20.4 Å². The molecular weight excluding hydrogens is 265 g/mol. The van der Waals surface area contributed by atoms with Crippen LogP contribution in [0.1, 0.15) is 23.0 Å². The molecule has 2 rings (SSSR count). The van der Waals surface area contributed by atoms with Crippen LogP contribution in [-0.2, 0) is 6.54 Å². The molecule has 0 bridgehead atoms. The second-order valence-electron chi connectivity index (χ2n) is 4.29. The van der Waals surface area contributed by atoms with Crippen LogP contribution in [-0.4, -0.2) is 45.2 Å². The van der Waals surface area contributed by atoms with Crippen LogP contribution in [0, 0.1) is 6.92 Å². The number of aromatic carboxylic acids is 1. The molecule has 0 aliphatic rings. The second-order valence-corrected chi connectivity index (χ2v) is 4.29. The summed E-state index contributed by atoms with van der Waals surface area (Å²) in [6, 6.07) is 9.15. The topological polar surface area (TPSA) is 59.3 Å².